The molecular formula is C64H123O11P. The summed E-state index contributed by atoms with van der Waals surface area (Å²) in [6.07, 6.45) is 60.2. The molecule has 450 valence electrons. The normalized spacial score (nSPS) is 13.3. The number of hydrogen-bond donors (Lipinski definition) is 2. The molecule has 3 unspecified atom stereocenters. The van der Waals surface area contributed by atoms with E-state index in [1.807, 2.05) is 0 Å². The van der Waals surface area contributed by atoms with E-state index in [0.717, 1.165) is 57.8 Å². The van der Waals surface area contributed by atoms with Gasteiger partial charge in [-0.25, -0.2) is 4.57 Å². The number of allylic oxidation sites excluding steroid dienone is 2. The van der Waals surface area contributed by atoms with Crippen molar-refractivity contribution in [3.05, 3.63) is 12.2 Å². The maximum absolute atomic E-state index is 12.9. The van der Waals surface area contributed by atoms with Crippen LogP contribution < -0.4 is 0 Å². The molecule has 11 nitrogen and oxygen atoms in total. The Morgan fingerprint density at radius 1 is 0.355 bits per heavy atom. The monoisotopic (exact) mass is 1100 g/mol. The molecule has 0 saturated heterocycles. The summed E-state index contributed by atoms with van der Waals surface area (Å²) in [6.45, 7) is 4.72. The molecule has 0 aliphatic carbocycles. The number of carbonyl (C=O) groups is 3. The van der Waals surface area contributed by atoms with Gasteiger partial charge >= 0.3 is 25.7 Å². The highest BCUT2D eigenvalue weighted by Gasteiger charge is 2.28. The van der Waals surface area contributed by atoms with Crippen molar-refractivity contribution >= 4 is 25.7 Å². The van der Waals surface area contributed by atoms with Crippen LogP contribution in [0.1, 0.15) is 342 Å². The van der Waals surface area contributed by atoms with Crippen LogP contribution in [0.25, 0.3) is 0 Å². The molecule has 0 aliphatic heterocycles. The number of phosphoric acid groups is 1. The zero-order valence-electron chi connectivity index (χ0n) is 50.0. The lowest BCUT2D eigenvalue weighted by atomic mass is 10.0. The Kier molecular flexibility index (Phi) is 58.0. The van der Waals surface area contributed by atoms with E-state index in [9.17, 15) is 28.9 Å². The molecule has 0 heterocycles. The standard InChI is InChI=1S/C64H123O11P/c1-4-7-10-13-16-19-22-24-26-28-30-32-34-36-39-42-45-48-51-54-63(67)74-60(56-65)58-72-76(69,70)73-59-61(57-71-62(66)53-50-47-44-41-38-21-18-15-12-9-6-3)75-64(68)55-52-49-46-43-40-37-35-33-31-29-27-25-23-20-17-14-11-8-5-2/h25,27,60-61,65H,4-24,26,28-59H2,1-3H3,(H,69,70)/b27-25-. The van der Waals surface area contributed by atoms with Crippen LogP contribution in [0.3, 0.4) is 0 Å². The Bertz CT molecular complexity index is 1330. The predicted octanol–water partition coefficient (Wildman–Crippen LogP) is 19.6. The van der Waals surface area contributed by atoms with Crippen molar-refractivity contribution < 1.29 is 52.2 Å². The predicted molar refractivity (Wildman–Crippen MR) is 317 cm³/mol. The van der Waals surface area contributed by atoms with Gasteiger partial charge in [0.2, 0.25) is 0 Å². The highest BCUT2D eigenvalue weighted by Crippen LogP contribution is 2.43. The smallest absolute Gasteiger partial charge is 0.462 e. The maximum Gasteiger partial charge on any atom is 0.472 e. The number of ether oxygens (including phenoxy) is 3. The molecule has 0 saturated carbocycles. The Morgan fingerprint density at radius 3 is 0.908 bits per heavy atom. The lowest BCUT2D eigenvalue weighted by Gasteiger charge is -2.21. The topological polar surface area (TPSA) is 155 Å². The van der Waals surface area contributed by atoms with E-state index >= 15 is 0 Å². The maximum atomic E-state index is 12.9. The van der Waals surface area contributed by atoms with E-state index in [0.29, 0.717) is 19.3 Å². The molecule has 76 heavy (non-hydrogen) atoms. The van der Waals surface area contributed by atoms with E-state index in [4.69, 9.17) is 23.3 Å². The highest BCUT2D eigenvalue weighted by molar-refractivity contribution is 7.47. The molecular weight excluding hydrogens is 976 g/mol. The van der Waals surface area contributed by atoms with E-state index in [2.05, 4.69) is 32.9 Å². The fourth-order valence-electron chi connectivity index (χ4n) is 9.71. The average Bonchev–Trinajstić information content (AvgIpc) is 3.41. The van der Waals surface area contributed by atoms with Crippen molar-refractivity contribution in [1.29, 1.82) is 0 Å². The van der Waals surface area contributed by atoms with Crippen molar-refractivity contribution in [2.75, 3.05) is 26.4 Å². The van der Waals surface area contributed by atoms with Crippen LogP contribution in [0.4, 0.5) is 0 Å². The van der Waals surface area contributed by atoms with Crippen LogP contribution in [0.2, 0.25) is 0 Å². The van der Waals surface area contributed by atoms with E-state index in [1.54, 1.807) is 0 Å². The number of aliphatic hydroxyl groups excluding tert-OH is 1. The number of unbranched alkanes of at least 4 members (excludes halogenated alkanes) is 43. The van der Waals surface area contributed by atoms with E-state index in [-0.39, 0.29) is 25.9 Å². The molecule has 2 N–H and O–H groups in total. The first kappa shape index (κ1) is 74.2. The van der Waals surface area contributed by atoms with E-state index in [1.165, 1.54) is 225 Å². The number of esters is 3. The van der Waals surface area contributed by atoms with Crippen LogP contribution >= 0.6 is 7.82 Å². The molecule has 12 heteroatoms. The van der Waals surface area contributed by atoms with Gasteiger partial charge in [-0.15, -0.1) is 0 Å². The first-order valence-electron chi connectivity index (χ1n) is 32.6. The van der Waals surface area contributed by atoms with Gasteiger partial charge in [0.25, 0.3) is 0 Å². The third-order valence-corrected chi connectivity index (χ3v) is 15.6. The number of hydrogen-bond acceptors (Lipinski definition) is 10. The summed E-state index contributed by atoms with van der Waals surface area (Å²) in [6, 6.07) is 0. The average molecular weight is 1100 g/mol. The minimum atomic E-state index is -4.74. The molecule has 0 aliphatic rings. The Labute approximate surface area is 468 Å². The Hall–Kier alpha value is -1.78. The summed E-state index contributed by atoms with van der Waals surface area (Å²) in [5.74, 6) is -1.43. The summed E-state index contributed by atoms with van der Waals surface area (Å²) in [5, 5.41) is 9.85. The number of carbonyl (C=O) groups excluding carboxylic acids is 3. The van der Waals surface area contributed by atoms with Crippen molar-refractivity contribution in [3.8, 4) is 0 Å². The Balaban J connectivity index is 4.55. The molecule has 0 radical (unpaired) electrons. The lowest BCUT2D eigenvalue weighted by Crippen LogP contribution is -2.30. The third kappa shape index (κ3) is 56.9. The summed E-state index contributed by atoms with van der Waals surface area (Å²) >= 11 is 0. The van der Waals surface area contributed by atoms with Crippen LogP contribution in [0.15, 0.2) is 12.2 Å². The van der Waals surface area contributed by atoms with Crippen molar-refractivity contribution in [2.24, 2.45) is 0 Å². The summed E-state index contributed by atoms with van der Waals surface area (Å²) < 4.78 is 39.7. The largest absolute Gasteiger partial charge is 0.472 e. The van der Waals surface area contributed by atoms with Gasteiger partial charge in [-0.3, -0.25) is 23.4 Å². The first-order chi connectivity index (χ1) is 37.2. The SMILES string of the molecule is CCCCCCCC/C=C\CCCCCCCCCCCC(=O)OC(COC(=O)CCCCCCCCCCCCC)COP(=O)(O)OCC(CO)OC(=O)CCCCCCCCCCCCCCCCCCCCC. The minimum absolute atomic E-state index is 0.173. The molecule has 0 fully saturated rings. The Morgan fingerprint density at radius 2 is 0.605 bits per heavy atom. The quantitative estimate of drug-likeness (QED) is 0.0197. The van der Waals surface area contributed by atoms with Gasteiger partial charge in [0.05, 0.1) is 19.8 Å². The summed E-state index contributed by atoms with van der Waals surface area (Å²) in [7, 11) is -4.74. The van der Waals surface area contributed by atoms with Gasteiger partial charge in [-0.2, -0.15) is 0 Å². The summed E-state index contributed by atoms with van der Waals surface area (Å²) in [4.78, 5) is 48.7. The van der Waals surface area contributed by atoms with Crippen molar-refractivity contribution in [3.63, 3.8) is 0 Å². The van der Waals surface area contributed by atoms with Crippen LogP contribution in [-0.2, 0) is 42.2 Å². The third-order valence-electron chi connectivity index (χ3n) is 14.7. The second kappa shape index (κ2) is 59.3. The van der Waals surface area contributed by atoms with Gasteiger partial charge in [0.1, 0.15) is 12.7 Å². The van der Waals surface area contributed by atoms with Crippen LogP contribution in [-0.4, -0.2) is 66.5 Å². The van der Waals surface area contributed by atoms with Gasteiger partial charge in [0, 0.05) is 19.3 Å². The summed E-state index contributed by atoms with van der Waals surface area (Å²) in [5.41, 5.74) is 0. The molecule has 0 aromatic carbocycles. The lowest BCUT2D eigenvalue weighted by molar-refractivity contribution is -0.161. The van der Waals surface area contributed by atoms with Gasteiger partial charge in [-0.05, 0) is 44.9 Å². The molecule has 0 aromatic heterocycles. The van der Waals surface area contributed by atoms with Crippen molar-refractivity contribution in [2.45, 2.75) is 354 Å². The van der Waals surface area contributed by atoms with E-state index < -0.39 is 57.8 Å². The second-order valence-corrected chi connectivity index (χ2v) is 23.8. The minimum Gasteiger partial charge on any atom is -0.462 e. The molecule has 3 atom stereocenters. The molecule has 0 aromatic rings. The number of aliphatic hydroxyl groups is 1. The van der Waals surface area contributed by atoms with Gasteiger partial charge in [-0.1, -0.05) is 290 Å². The molecule has 0 amide bonds. The number of rotatable bonds is 62. The fraction of sp³-hybridized carbons (Fsp3) is 0.922. The van der Waals surface area contributed by atoms with Crippen molar-refractivity contribution in [1.82, 2.24) is 0 Å². The van der Waals surface area contributed by atoms with Gasteiger partial charge in [0.15, 0.2) is 6.10 Å². The number of phosphoric ester groups is 1. The highest BCUT2D eigenvalue weighted by atomic mass is 31.2. The molecule has 0 spiro atoms. The zero-order chi connectivity index (χ0) is 55.5. The van der Waals surface area contributed by atoms with Crippen LogP contribution in [0.5, 0.6) is 0 Å². The first-order valence-corrected chi connectivity index (χ1v) is 34.1. The second-order valence-electron chi connectivity index (χ2n) is 22.3. The zero-order valence-corrected chi connectivity index (χ0v) is 50.9. The fourth-order valence-corrected chi connectivity index (χ4v) is 10.5. The van der Waals surface area contributed by atoms with Crippen LogP contribution in [0, 0.1) is 0 Å². The molecule has 0 rings (SSSR count). The molecule has 0 bridgehead atoms. The van der Waals surface area contributed by atoms with Gasteiger partial charge < -0.3 is 24.2 Å².